The van der Waals surface area contributed by atoms with Crippen LogP contribution in [0.2, 0.25) is 0 Å². The van der Waals surface area contributed by atoms with E-state index in [0.717, 1.165) is 44.1 Å². The average Bonchev–Trinajstić information content (AvgIpc) is 2.28. The zero-order valence-corrected chi connectivity index (χ0v) is 13.1. The summed E-state index contributed by atoms with van der Waals surface area (Å²) in [6.45, 7) is 6.33. The SMILES string of the molecule is CC(C)N(C)CCCCNC(=O)CCCCBr. The van der Waals surface area contributed by atoms with Crippen LogP contribution in [0, 0.1) is 0 Å². The molecule has 0 aliphatic rings. The van der Waals surface area contributed by atoms with Crippen LogP contribution in [0.1, 0.15) is 46.0 Å². The molecule has 1 N–H and O–H groups in total. The van der Waals surface area contributed by atoms with E-state index in [1.807, 2.05) is 0 Å². The smallest absolute Gasteiger partial charge is 0.219 e. The van der Waals surface area contributed by atoms with Crippen LogP contribution in [-0.4, -0.2) is 42.3 Å². The van der Waals surface area contributed by atoms with Crippen molar-refractivity contribution in [1.29, 1.82) is 0 Å². The zero-order valence-electron chi connectivity index (χ0n) is 11.5. The van der Waals surface area contributed by atoms with Crippen LogP contribution in [0.25, 0.3) is 0 Å². The third-order valence-electron chi connectivity index (χ3n) is 2.93. The van der Waals surface area contributed by atoms with Crippen LogP contribution < -0.4 is 5.32 Å². The molecule has 0 atom stereocenters. The van der Waals surface area contributed by atoms with Gasteiger partial charge in [0.1, 0.15) is 0 Å². The van der Waals surface area contributed by atoms with Gasteiger partial charge in [-0.2, -0.15) is 0 Å². The van der Waals surface area contributed by atoms with Crippen LogP contribution in [0.5, 0.6) is 0 Å². The first-order valence-corrected chi connectivity index (χ1v) is 7.73. The van der Waals surface area contributed by atoms with E-state index in [-0.39, 0.29) is 5.91 Å². The summed E-state index contributed by atoms with van der Waals surface area (Å²) >= 11 is 3.36. The number of nitrogens with one attached hydrogen (secondary N) is 1. The Bertz CT molecular complexity index is 198. The van der Waals surface area contributed by atoms with Gasteiger partial charge >= 0.3 is 0 Å². The van der Waals surface area contributed by atoms with Crippen molar-refractivity contribution >= 4 is 21.8 Å². The highest BCUT2D eigenvalue weighted by Crippen LogP contribution is 1.99. The summed E-state index contributed by atoms with van der Waals surface area (Å²) in [5.74, 6) is 0.197. The van der Waals surface area contributed by atoms with Crippen LogP contribution in [0.15, 0.2) is 0 Å². The Morgan fingerprint density at radius 1 is 1.24 bits per heavy atom. The Labute approximate surface area is 114 Å². The van der Waals surface area contributed by atoms with Gasteiger partial charge in [0.05, 0.1) is 0 Å². The van der Waals surface area contributed by atoms with Crippen molar-refractivity contribution < 1.29 is 4.79 Å². The van der Waals surface area contributed by atoms with Gasteiger partial charge in [0, 0.05) is 24.3 Å². The third-order valence-corrected chi connectivity index (χ3v) is 3.49. The highest BCUT2D eigenvalue weighted by Gasteiger charge is 2.03. The van der Waals surface area contributed by atoms with E-state index in [9.17, 15) is 4.79 Å². The summed E-state index contributed by atoms with van der Waals surface area (Å²) in [4.78, 5) is 13.7. The van der Waals surface area contributed by atoms with Gasteiger partial charge in [0.25, 0.3) is 0 Å². The molecule has 17 heavy (non-hydrogen) atoms. The Hall–Kier alpha value is -0.0900. The van der Waals surface area contributed by atoms with Crippen LogP contribution in [0.4, 0.5) is 0 Å². The Balaban J connectivity index is 3.30. The lowest BCUT2D eigenvalue weighted by Gasteiger charge is -2.20. The van der Waals surface area contributed by atoms with E-state index in [1.54, 1.807) is 0 Å². The second-order valence-corrected chi connectivity index (χ2v) is 5.57. The number of rotatable bonds is 10. The molecule has 0 fully saturated rings. The molecule has 0 bridgehead atoms. The lowest BCUT2D eigenvalue weighted by Crippen LogP contribution is -2.28. The maximum atomic E-state index is 11.4. The second-order valence-electron chi connectivity index (χ2n) is 4.78. The molecule has 0 aromatic rings. The first-order chi connectivity index (χ1) is 8.07. The van der Waals surface area contributed by atoms with Crippen LogP contribution in [-0.2, 0) is 4.79 Å². The topological polar surface area (TPSA) is 32.3 Å². The minimum Gasteiger partial charge on any atom is -0.356 e. The number of amides is 1. The van der Waals surface area contributed by atoms with Crippen molar-refractivity contribution in [2.75, 3.05) is 25.5 Å². The predicted molar refractivity (Wildman–Crippen MR) is 77.7 cm³/mol. The molecule has 4 heteroatoms. The van der Waals surface area contributed by atoms with E-state index in [1.165, 1.54) is 0 Å². The van der Waals surface area contributed by atoms with Gasteiger partial charge in [0.2, 0.25) is 5.91 Å². The molecule has 0 aliphatic heterocycles. The summed E-state index contributed by atoms with van der Waals surface area (Å²) in [5, 5.41) is 3.96. The van der Waals surface area contributed by atoms with Crippen molar-refractivity contribution in [2.45, 2.75) is 52.0 Å². The monoisotopic (exact) mass is 306 g/mol. The summed E-state index contributed by atoms with van der Waals surface area (Å²) in [6.07, 6.45) is 4.94. The second kappa shape index (κ2) is 11.0. The Morgan fingerprint density at radius 2 is 1.94 bits per heavy atom. The van der Waals surface area contributed by atoms with E-state index in [2.05, 4.69) is 47.0 Å². The van der Waals surface area contributed by atoms with Crippen molar-refractivity contribution in [1.82, 2.24) is 10.2 Å². The number of alkyl halides is 1. The largest absolute Gasteiger partial charge is 0.356 e. The normalized spacial score (nSPS) is 11.2. The van der Waals surface area contributed by atoms with Gasteiger partial charge in [-0.1, -0.05) is 15.9 Å². The lowest BCUT2D eigenvalue weighted by molar-refractivity contribution is -0.121. The minimum atomic E-state index is 0.197. The molecule has 0 rings (SSSR count). The van der Waals surface area contributed by atoms with E-state index >= 15 is 0 Å². The first-order valence-electron chi connectivity index (χ1n) is 6.60. The van der Waals surface area contributed by atoms with Gasteiger partial charge in [-0.25, -0.2) is 0 Å². The summed E-state index contributed by atoms with van der Waals surface area (Å²) < 4.78 is 0. The Morgan fingerprint density at radius 3 is 2.53 bits per heavy atom. The molecule has 3 nitrogen and oxygen atoms in total. The molecule has 0 spiro atoms. The van der Waals surface area contributed by atoms with Crippen molar-refractivity contribution in [2.24, 2.45) is 0 Å². The van der Waals surface area contributed by atoms with Crippen molar-refractivity contribution in [3.05, 3.63) is 0 Å². The molecule has 0 saturated heterocycles. The number of hydrogen-bond acceptors (Lipinski definition) is 2. The molecular weight excluding hydrogens is 280 g/mol. The molecule has 0 aromatic carbocycles. The molecule has 0 aromatic heterocycles. The van der Waals surface area contributed by atoms with Gasteiger partial charge < -0.3 is 10.2 Å². The molecule has 102 valence electrons. The molecule has 0 radical (unpaired) electrons. The molecule has 0 unspecified atom stereocenters. The maximum Gasteiger partial charge on any atom is 0.219 e. The Kier molecular flexibility index (Phi) is 11.0. The molecule has 1 amide bonds. The maximum absolute atomic E-state index is 11.4. The first kappa shape index (κ1) is 16.9. The van der Waals surface area contributed by atoms with E-state index in [0.29, 0.717) is 12.5 Å². The molecule has 0 aliphatic carbocycles. The van der Waals surface area contributed by atoms with Gasteiger partial charge in [-0.15, -0.1) is 0 Å². The van der Waals surface area contributed by atoms with Crippen LogP contribution in [0.3, 0.4) is 0 Å². The number of nitrogens with zero attached hydrogens (tertiary/aromatic N) is 1. The highest BCUT2D eigenvalue weighted by molar-refractivity contribution is 9.09. The fraction of sp³-hybridized carbons (Fsp3) is 0.923. The molecule has 0 saturated carbocycles. The van der Waals surface area contributed by atoms with Gasteiger partial charge in [0.15, 0.2) is 0 Å². The third kappa shape index (κ3) is 10.8. The van der Waals surface area contributed by atoms with Crippen molar-refractivity contribution in [3.63, 3.8) is 0 Å². The molecular formula is C13H27BrN2O. The summed E-state index contributed by atoms with van der Waals surface area (Å²) in [6, 6.07) is 0.605. The predicted octanol–water partition coefficient (Wildman–Crippen LogP) is 2.79. The quantitative estimate of drug-likeness (QED) is 0.497. The number of carbonyl (C=O) groups is 1. The van der Waals surface area contributed by atoms with Gasteiger partial charge in [-0.3, -0.25) is 4.79 Å². The number of hydrogen-bond donors (Lipinski definition) is 1. The van der Waals surface area contributed by atoms with E-state index in [4.69, 9.17) is 0 Å². The fourth-order valence-electron chi connectivity index (χ4n) is 1.44. The average molecular weight is 307 g/mol. The number of unbranched alkanes of at least 4 members (excludes halogenated alkanes) is 2. The molecule has 0 heterocycles. The lowest BCUT2D eigenvalue weighted by atomic mass is 10.2. The number of halogens is 1. The van der Waals surface area contributed by atoms with E-state index < -0.39 is 0 Å². The minimum absolute atomic E-state index is 0.197. The standard InChI is InChI=1S/C13H27BrN2O/c1-12(2)16(3)11-7-6-10-15-13(17)8-4-5-9-14/h12H,4-11H2,1-3H3,(H,15,17). The van der Waals surface area contributed by atoms with Gasteiger partial charge in [-0.05, 0) is 53.1 Å². The van der Waals surface area contributed by atoms with Crippen LogP contribution >= 0.6 is 15.9 Å². The van der Waals surface area contributed by atoms with Crippen molar-refractivity contribution in [3.8, 4) is 0 Å². The fourth-order valence-corrected chi connectivity index (χ4v) is 1.84. The summed E-state index contributed by atoms with van der Waals surface area (Å²) in [7, 11) is 2.14. The zero-order chi connectivity index (χ0) is 13.1. The number of carbonyl (C=O) groups excluding carboxylic acids is 1. The summed E-state index contributed by atoms with van der Waals surface area (Å²) in [5.41, 5.74) is 0. The highest BCUT2D eigenvalue weighted by atomic mass is 79.9.